The van der Waals surface area contributed by atoms with E-state index in [0.717, 1.165) is 0 Å². The fourth-order valence-electron chi connectivity index (χ4n) is 2.97. The number of carbonyl (C=O) groups excluding carboxylic acids is 2. The van der Waals surface area contributed by atoms with Gasteiger partial charge in [0.1, 0.15) is 17.1 Å². The summed E-state index contributed by atoms with van der Waals surface area (Å²) < 4.78 is 42.3. The van der Waals surface area contributed by atoms with Crippen molar-refractivity contribution in [3.8, 4) is 0 Å². The van der Waals surface area contributed by atoms with Crippen LogP contribution < -0.4 is 10.5 Å². The Morgan fingerprint density at radius 2 is 1.91 bits per heavy atom. The van der Waals surface area contributed by atoms with Crippen LogP contribution in [0.3, 0.4) is 0 Å². The first kappa shape index (κ1) is 23.2. The molecule has 0 aliphatic rings. The molecule has 0 unspecified atom stereocenters. The molecule has 0 radical (unpaired) electrons. The molecule has 0 amide bonds. The molecule has 3 aromatic rings. The first-order valence-corrected chi connectivity index (χ1v) is 11.2. The average Bonchev–Trinajstić information content (AvgIpc) is 3.08. The standard InChI is InChI=1S/C20H22N4O7S/c1-4-22-32(27,28)13-8-6-7-12(9-13)19(25)30-10-14-23-17(21)16-15(20(26)29-5-2)11(3)31-18(16)24-14/h6-9,22H,4-5,10H2,1-3H3,(H2,21,23,24). The number of furan rings is 1. The van der Waals surface area contributed by atoms with Crippen LogP contribution >= 0.6 is 0 Å². The molecule has 12 heteroatoms. The van der Waals surface area contributed by atoms with Gasteiger partial charge in [-0.15, -0.1) is 0 Å². The highest BCUT2D eigenvalue weighted by molar-refractivity contribution is 7.89. The van der Waals surface area contributed by atoms with Crippen LogP contribution in [0.2, 0.25) is 0 Å². The maximum Gasteiger partial charge on any atom is 0.342 e. The number of nitrogens with two attached hydrogens (primary N) is 1. The van der Waals surface area contributed by atoms with Gasteiger partial charge in [-0.2, -0.15) is 4.98 Å². The van der Waals surface area contributed by atoms with Crippen LogP contribution in [0.15, 0.2) is 33.6 Å². The fraction of sp³-hybridized carbons (Fsp3) is 0.300. The number of carbonyl (C=O) groups is 2. The molecular formula is C20H22N4O7S. The van der Waals surface area contributed by atoms with E-state index in [1.54, 1.807) is 20.8 Å². The van der Waals surface area contributed by atoms with Gasteiger partial charge < -0.3 is 19.6 Å². The summed E-state index contributed by atoms with van der Waals surface area (Å²) in [6.45, 7) is 4.93. The van der Waals surface area contributed by atoms with E-state index >= 15 is 0 Å². The van der Waals surface area contributed by atoms with Crippen molar-refractivity contribution in [2.75, 3.05) is 18.9 Å². The SMILES string of the molecule is CCNS(=O)(=O)c1cccc(C(=O)OCc2nc(N)c3c(C(=O)OCC)c(C)oc3n2)c1. The lowest BCUT2D eigenvalue weighted by Gasteiger charge is -2.08. The molecule has 170 valence electrons. The molecule has 2 aromatic heterocycles. The number of hydrogen-bond donors (Lipinski definition) is 2. The van der Waals surface area contributed by atoms with E-state index < -0.39 is 22.0 Å². The van der Waals surface area contributed by atoms with Crippen LogP contribution in [0.5, 0.6) is 0 Å². The maximum absolute atomic E-state index is 12.4. The summed E-state index contributed by atoms with van der Waals surface area (Å²) in [6.07, 6.45) is 0. The second kappa shape index (κ2) is 9.32. The van der Waals surface area contributed by atoms with Crippen molar-refractivity contribution in [3.05, 3.63) is 47.0 Å². The molecule has 3 N–H and O–H groups in total. The average molecular weight is 462 g/mol. The summed E-state index contributed by atoms with van der Waals surface area (Å²) in [6, 6.07) is 5.43. The minimum Gasteiger partial charge on any atom is -0.462 e. The Bertz CT molecular complexity index is 1280. The summed E-state index contributed by atoms with van der Waals surface area (Å²) in [5.74, 6) is -1.09. The van der Waals surface area contributed by atoms with Crippen LogP contribution in [0.25, 0.3) is 11.1 Å². The van der Waals surface area contributed by atoms with Gasteiger partial charge >= 0.3 is 11.9 Å². The lowest BCUT2D eigenvalue weighted by Crippen LogP contribution is -2.23. The van der Waals surface area contributed by atoms with E-state index in [1.807, 2.05) is 0 Å². The summed E-state index contributed by atoms with van der Waals surface area (Å²) in [5, 5.41) is 0.220. The zero-order chi connectivity index (χ0) is 23.5. The number of ether oxygens (including phenoxy) is 2. The predicted molar refractivity (Wildman–Crippen MR) is 113 cm³/mol. The van der Waals surface area contributed by atoms with Crippen LogP contribution in [0.4, 0.5) is 5.82 Å². The summed E-state index contributed by atoms with van der Waals surface area (Å²) >= 11 is 0. The Morgan fingerprint density at radius 1 is 1.16 bits per heavy atom. The first-order chi connectivity index (χ1) is 15.2. The lowest BCUT2D eigenvalue weighted by molar-refractivity contribution is 0.0461. The first-order valence-electron chi connectivity index (χ1n) is 9.67. The van der Waals surface area contributed by atoms with E-state index in [0.29, 0.717) is 0 Å². The molecule has 0 fully saturated rings. The molecule has 2 heterocycles. The topological polar surface area (TPSA) is 164 Å². The van der Waals surface area contributed by atoms with Crippen LogP contribution in [-0.4, -0.2) is 43.5 Å². The number of rotatable bonds is 8. The number of aromatic nitrogens is 2. The minimum atomic E-state index is -3.73. The van der Waals surface area contributed by atoms with Gasteiger partial charge in [-0.1, -0.05) is 13.0 Å². The number of esters is 2. The molecule has 0 saturated heterocycles. The van der Waals surface area contributed by atoms with Gasteiger partial charge in [0.05, 0.1) is 22.5 Å². The molecule has 0 spiro atoms. The Hall–Kier alpha value is -3.51. The number of anilines is 1. The Morgan fingerprint density at radius 3 is 2.59 bits per heavy atom. The third kappa shape index (κ3) is 4.70. The number of sulfonamides is 1. The third-order valence-electron chi connectivity index (χ3n) is 4.33. The van der Waals surface area contributed by atoms with Crippen molar-refractivity contribution in [2.24, 2.45) is 0 Å². The zero-order valence-corrected chi connectivity index (χ0v) is 18.5. The van der Waals surface area contributed by atoms with Gasteiger partial charge in [-0.3, -0.25) is 0 Å². The van der Waals surface area contributed by atoms with Crippen LogP contribution in [0, 0.1) is 6.92 Å². The predicted octanol–water partition coefficient (Wildman–Crippen LogP) is 1.95. The Balaban J connectivity index is 1.81. The number of nitrogen functional groups attached to an aromatic ring is 1. The van der Waals surface area contributed by atoms with E-state index in [-0.39, 0.29) is 64.3 Å². The number of fused-ring (bicyclic) bond motifs is 1. The van der Waals surface area contributed by atoms with Gasteiger partial charge in [-0.05, 0) is 32.0 Å². The van der Waals surface area contributed by atoms with Crippen molar-refractivity contribution in [1.29, 1.82) is 0 Å². The molecule has 0 aliphatic carbocycles. The van der Waals surface area contributed by atoms with Gasteiger partial charge in [-0.25, -0.2) is 27.7 Å². The van der Waals surface area contributed by atoms with Gasteiger partial charge in [0.15, 0.2) is 12.4 Å². The smallest absolute Gasteiger partial charge is 0.342 e. The number of benzene rings is 1. The van der Waals surface area contributed by atoms with Crippen molar-refractivity contribution in [2.45, 2.75) is 32.3 Å². The van der Waals surface area contributed by atoms with Crippen LogP contribution in [-0.2, 0) is 26.1 Å². The molecule has 3 rings (SSSR count). The quantitative estimate of drug-likeness (QED) is 0.473. The summed E-state index contributed by atoms with van der Waals surface area (Å²) in [5.41, 5.74) is 6.22. The summed E-state index contributed by atoms with van der Waals surface area (Å²) in [7, 11) is -3.73. The maximum atomic E-state index is 12.4. The van der Waals surface area contributed by atoms with Crippen molar-refractivity contribution in [1.82, 2.24) is 14.7 Å². The van der Waals surface area contributed by atoms with Crippen molar-refractivity contribution >= 4 is 38.9 Å². The Kier molecular flexibility index (Phi) is 6.75. The molecule has 0 atom stereocenters. The third-order valence-corrected chi connectivity index (χ3v) is 5.87. The molecule has 11 nitrogen and oxygen atoms in total. The molecule has 32 heavy (non-hydrogen) atoms. The monoisotopic (exact) mass is 462 g/mol. The van der Waals surface area contributed by atoms with E-state index in [9.17, 15) is 18.0 Å². The van der Waals surface area contributed by atoms with Gasteiger partial charge in [0, 0.05) is 6.54 Å². The zero-order valence-electron chi connectivity index (χ0n) is 17.7. The summed E-state index contributed by atoms with van der Waals surface area (Å²) in [4.78, 5) is 32.8. The van der Waals surface area contributed by atoms with E-state index in [4.69, 9.17) is 19.6 Å². The van der Waals surface area contributed by atoms with E-state index in [2.05, 4.69) is 14.7 Å². The molecule has 0 aliphatic heterocycles. The molecule has 0 saturated carbocycles. The molecule has 0 bridgehead atoms. The fourth-order valence-corrected chi connectivity index (χ4v) is 4.06. The number of aryl methyl sites for hydroxylation is 1. The second-order valence-corrected chi connectivity index (χ2v) is 8.33. The van der Waals surface area contributed by atoms with Gasteiger partial charge in [0.25, 0.3) is 0 Å². The van der Waals surface area contributed by atoms with Crippen molar-refractivity contribution < 1.29 is 31.9 Å². The number of nitrogens with zero attached hydrogens (tertiary/aromatic N) is 2. The van der Waals surface area contributed by atoms with Crippen LogP contribution in [0.1, 0.15) is 46.1 Å². The van der Waals surface area contributed by atoms with Crippen molar-refractivity contribution in [3.63, 3.8) is 0 Å². The highest BCUT2D eigenvalue weighted by Crippen LogP contribution is 2.29. The Labute approximate surface area is 184 Å². The largest absolute Gasteiger partial charge is 0.462 e. The highest BCUT2D eigenvalue weighted by atomic mass is 32.2. The number of nitrogens with one attached hydrogen (secondary N) is 1. The molecule has 1 aromatic carbocycles. The van der Waals surface area contributed by atoms with E-state index in [1.165, 1.54) is 24.3 Å². The van der Waals surface area contributed by atoms with Gasteiger partial charge in [0.2, 0.25) is 15.7 Å². The molecular weight excluding hydrogens is 440 g/mol. The highest BCUT2D eigenvalue weighted by Gasteiger charge is 2.24. The normalized spacial score (nSPS) is 11.5. The number of hydrogen-bond acceptors (Lipinski definition) is 10. The second-order valence-electron chi connectivity index (χ2n) is 6.56. The minimum absolute atomic E-state index is 0.0281. The lowest BCUT2D eigenvalue weighted by atomic mass is 10.2.